The van der Waals surface area contributed by atoms with E-state index in [9.17, 15) is 23.1 Å². The third-order valence-electron chi connectivity index (χ3n) is 6.65. The van der Waals surface area contributed by atoms with Gasteiger partial charge in [0.1, 0.15) is 6.10 Å². The molecule has 1 saturated carbocycles. The molecule has 3 rings (SSSR count). The molecule has 0 spiro atoms. The zero-order valence-electron chi connectivity index (χ0n) is 24.3. The molecule has 1 fully saturated rings. The van der Waals surface area contributed by atoms with Crippen LogP contribution in [0.5, 0.6) is 0 Å². The van der Waals surface area contributed by atoms with Crippen LogP contribution in [-0.4, -0.2) is 62.3 Å². The van der Waals surface area contributed by atoms with Gasteiger partial charge < -0.3 is 29.2 Å². The molecule has 0 aromatic heterocycles. The Morgan fingerprint density at radius 3 is 2.12 bits per heavy atom. The zero-order chi connectivity index (χ0) is 31.1. The molecular formula is C29H41ClF3NO6S. The van der Waals surface area contributed by atoms with Crippen LogP contribution in [0.1, 0.15) is 50.4 Å². The minimum Gasteiger partial charge on any atom is -0.393 e. The summed E-state index contributed by atoms with van der Waals surface area (Å²) in [4.78, 5) is 12.2. The number of aliphatic hydroxyl groups is 1. The molecule has 2 aromatic carbocycles. The molecule has 0 aliphatic heterocycles. The standard InChI is InChI=1S/C13H7ClF3NO2S.C10H20O.C6H14O3/c14-8-2-1-6(3-11(8)21-20)13(19)18-7-4-9(15)12(17)10(16)5-7;1-7(2)9-6-4-5-8(3)10(9)11;1-7-4-6(9-3)5-8-2/h1-5,20H,(H,18,19);7-11H,4-6H2,1-3H3;6H,4-5H2,1-3H3. The van der Waals surface area contributed by atoms with Crippen molar-refractivity contribution in [3.8, 4) is 0 Å². The van der Waals surface area contributed by atoms with Gasteiger partial charge in [0.2, 0.25) is 0 Å². The highest BCUT2D eigenvalue weighted by Crippen LogP contribution is 2.33. The van der Waals surface area contributed by atoms with Crippen molar-refractivity contribution >= 4 is 35.2 Å². The summed E-state index contributed by atoms with van der Waals surface area (Å²) in [5, 5.41) is 12.3. The lowest BCUT2D eigenvalue weighted by atomic mass is 9.74. The number of ether oxygens (including phenoxy) is 3. The number of hydrogen-bond acceptors (Lipinski definition) is 7. The fraction of sp³-hybridized carbons (Fsp3) is 0.552. The molecule has 7 nitrogen and oxygen atoms in total. The highest BCUT2D eigenvalue weighted by Gasteiger charge is 2.30. The van der Waals surface area contributed by atoms with Crippen molar-refractivity contribution in [2.24, 2.45) is 17.8 Å². The van der Waals surface area contributed by atoms with E-state index in [1.807, 2.05) is 0 Å². The minimum absolute atomic E-state index is 0.0382. The summed E-state index contributed by atoms with van der Waals surface area (Å²) in [5.74, 6) is -3.39. The Labute approximate surface area is 249 Å². The molecule has 12 heteroatoms. The third-order valence-corrected chi connectivity index (χ3v) is 7.62. The van der Waals surface area contributed by atoms with Gasteiger partial charge in [0.05, 0.1) is 29.2 Å². The lowest BCUT2D eigenvalue weighted by Gasteiger charge is -2.35. The number of carbonyl (C=O) groups excluding carboxylic acids is 1. The van der Waals surface area contributed by atoms with Crippen LogP contribution in [0.15, 0.2) is 35.2 Å². The predicted molar refractivity (Wildman–Crippen MR) is 156 cm³/mol. The fourth-order valence-corrected chi connectivity index (χ4v) is 4.82. The van der Waals surface area contributed by atoms with Crippen molar-refractivity contribution in [2.45, 2.75) is 57.1 Å². The number of methoxy groups -OCH3 is 3. The number of hydrogen-bond donors (Lipinski definition) is 3. The Hall–Kier alpha value is -1.86. The summed E-state index contributed by atoms with van der Waals surface area (Å²) in [6.45, 7) is 7.77. The van der Waals surface area contributed by atoms with Crippen LogP contribution in [0.2, 0.25) is 5.02 Å². The van der Waals surface area contributed by atoms with E-state index in [2.05, 4.69) is 26.1 Å². The van der Waals surface area contributed by atoms with E-state index in [1.165, 1.54) is 37.5 Å². The Morgan fingerprint density at radius 2 is 1.66 bits per heavy atom. The van der Waals surface area contributed by atoms with Crippen molar-refractivity contribution in [2.75, 3.05) is 39.9 Å². The summed E-state index contributed by atoms with van der Waals surface area (Å²) in [7, 11) is 4.92. The van der Waals surface area contributed by atoms with Crippen molar-refractivity contribution in [3.63, 3.8) is 0 Å². The molecule has 0 heterocycles. The molecule has 2 aromatic rings. The first-order valence-electron chi connectivity index (χ1n) is 13.2. The Balaban J connectivity index is 0.000000352. The second kappa shape index (κ2) is 19.4. The van der Waals surface area contributed by atoms with E-state index in [-0.39, 0.29) is 33.4 Å². The number of halogens is 4. The summed E-state index contributed by atoms with van der Waals surface area (Å²) in [6, 6.07) is 5.38. The molecule has 232 valence electrons. The Bertz CT molecular complexity index is 1050. The van der Waals surface area contributed by atoms with Gasteiger partial charge in [-0.05, 0) is 48.8 Å². The van der Waals surface area contributed by atoms with Crippen LogP contribution < -0.4 is 5.32 Å². The molecule has 0 saturated heterocycles. The number of amides is 1. The molecule has 0 bridgehead atoms. The maximum atomic E-state index is 13.0. The topological polar surface area (TPSA) is 97.3 Å². The number of nitrogens with one attached hydrogen (secondary N) is 1. The van der Waals surface area contributed by atoms with E-state index < -0.39 is 23.4 Å². The summed E-state index contributed by atoms with van der Waals surface area (Å²) < 4.78 is 62.5. The molecule has 41 heavy (non-hydrogen) atoms. The number of rotatable bonds is 9. The van der Waals surface area contributed by atoms with E-state index in [1.54, 1.807) is 21.3 Å². The van der Waals surface area contributed by atoms with Crippen LogP contribution in [0.25, 0.3) is 0 Å². The lowest BCUT2D eigenvalue weighted by Crippen LogP contribution is -2.34. The van der Waals surface area contributed by atoms with Gasteiger partial charge in [-0.1, -0.05) is 38.8 Å². The number of benzene rings is 2. The Morgan fingerprint density at radius 1 is 1.07 bits per heavy atom. The summed E-state index contributed by atoms with van der Waals surface area (Å²) in [6.07, 6.45) is 3.78. The van der Waals surface area contributed by atoms with Gasteiger partial charge in [-0.25, -0.2) is 13.2 Å². The van der Waals surface area contributed by atoms with Crippen LogP contribution in [0, 0.1) is 35.2 Å². The molecule has 3 atom stereocenters. The zero-order valence-corrected chi connectivity index (χ0v) is 25.8. The van der Waals surface area contributed by atoms with Gasteiger partial charge in [0.15, 0.2) is 17.5 Å². The van der Waals surface area contributed by atoms with Crippen molar-refractivity contribution in [1.82, 2.24) is 0 Å². The van der Waals surface area contributed by atoms with Crippen molar-refractivity contribution in [1.29, 1.82) is 0 Å². The van der Waals surface area contributed by atoms with E-state index in [4.69, 9.17) is 30.4 Å². The molecule has 1 amide bonds. The van der Waals surface area contributed by atoms with Gasteiger partial charge in [0, 0.05) is 56.8 Å². The van der Waals surface area contributed by atoms with Gasteiger partial charge in [0.25, 0.3) is 5.91 Å². The average molecular weight is 624 g/mol. The van der Waals surface area contributed by atoms with Crippen LogP contribution in [-0.2, 0) is 14.2 Å². The fourth-order valence-electron chi connectivity index (χ4n) is 4.27. The molecule has 0 radical (unpaired) electrons. The second-order valence-electron chi connectivity index (χ2n) is 10.0. The lowest BCUT2D eigenvalue weighted by molar-refractivity contribution is -0.0178. The van der Waals surface area contributed by atoms with E-state index >= 15 is 0 Å². The largest absolute Gasteiger partial charge is 0.393 e. The van der Waals surface area contributed by atoms with Gasteiger partial charge in [-0.2, -0.15) is 0 Å². The molecule has 1 aliphatic rings. The van der Waals surface area contributed by atoms with Crippen molar-refractivity contribution in [3.05, 3.63) is 58.4 Å². The number of anilines is 1. The smallest absolute Gasteiger partial charge is 0.255 e. The Kier molecular flexibility index (Phi) is 17.5. The first-order valence-corrected chi connectivity index (χ1v) is 14.3. The van der Waals surface area contributed by atoms with Crippen LogP contribution in [0.4, 0.5) is 18.9 Å². The maximum absolute atomic E-state index is 13.0. The second-order valence-corrected chi connectivity index (χ2v) is 11.0. The minimum atomic E-state index is -1.61. The van der Waals surface area contributed by atoms with E-state index in [0.717, 1.165) is 0 Å². The van der Waals surface area contributed by atoms with Gasteiger partial charge in [-0.3, -0.25) is 4.79 Å². The van der Waals surface area contributed by atoms with Crippen LogP contribution >= 0.6 is 23.6 Å². The molecule has 3 N–H and O–H groups in total. The van der Waals surface area contributed by atoms with Gasteiger partial charge >= 0.3 is 0 Å². The molecule has 1 aliphatic carbocycles. The monoisotopic (exact) mass is 623 g/mol. The predicted octanol–water partition coefficient (Wildman–Crippen LogP) is 7.31. The molecule has 3 unspecified atom stereocenters. The number of aliphatic hydroxyl groups excluding tert-OH is 1. The van der Waals surface area contributed by atoms with Crippen molar-refractivity contribution < 1.29 is 41.8 Å². The van der Waals surface area contributed by atoms with Gasteiger partial charge in [-0.15, -0.1) is 0 Å². The van der Waals surface area contributed by atoms with E-state index in [0.29, 0.717) is 55.1 Å². The molecular weight excluding hydrogens is 583 g/mol. The van der Waals surface area contributed by atoms with Crippen LogP contribution in [0.3, 0.4) is 0 Å². The number of carbonyl (C=O) groups is 1. The first kappa shape index (κ1) is 37.2. The summed E-state index contributed by atoms with van der Waals surface area (Å²) >= 11 is 6.13. The summed E-state index contributed by atoms with van der Waals surface area (Å²) in [5.41, 5.74) is -0.120. The highest BCUT2D eigenvalue weighted by atomic mass is 35.5. The SMILES string of the molecule is CC(C)C1CCCC(C)C1O.COCC(COC)OC.O=C(Nc1cc(F)c(F)c(F)c1)c1ccc(Cl)c(SO)c1. The highest BCUT2D eigenvalue weighted by molar-refractivity contribution is 7.93. The average Bonchev–Trinajstić information content (AvgIpc) is 2.93. The quantitative estimate of drug-likeness (QED) is 0.199. The first-order chi connectivity index (χ1) is 19.4. The third kappa shape index (κ3) is 12.5. The normalized spacial score (nSPS) is 18.3. The maximum Gasteiger partial charge on any atom is 0.255 e.